The van der Waals surface area contributed by atoms with E-state index in [-0.39, 0.29) is 36.5 Å². The van der Waals surface area contributed by atoms with Gasteiger partial charge in [0.25, 0.3) is 17.4 Å². The van der Waals surface area contributed by atoms with Crippen LogP contribution in [-0.4, -0.2) is 63.6 Å². The van der Waals surface area contributed by atoms with E-state index < -0.39 is 17.8 Å². The van der Waals surface area contributed by atoms with Crippen molar-refractivity contribution < 1.29 is 24.3 Å². The summed E-state index contributed by atoms with van der Waals surface area (Å²) in [5.41, 5.74) is 2.29. The van der Waals surface area contributed by atoms with E-state index in [9.17, 15) is 24.0 Å². The first-order valence-corrected chi connectivity index (χ1v) is 10.8. The van der Waals surface area contributed by atoms with Gasteiger partial charge in [0.15, 0.2) is 0 Å². The fourth-order valence-corrected chi connectivity index (χ4v) is 3.81. The third kappa shape index (κ3) is 4.83. The number of amides is 3. The van der Waals surface area contributed by atoms with Gasteiger partial charge in [-0.1, -0.05) is 0 Å². The molecule has 0 fully saturated rings. The van der Waals surface area contributed by atoms with Gasteiger partial charge in [-0.3, -0.25) is 29.1 Å². The first-order chi connectivity index (χ1) is 16.6. The minimum atomic E-state index is -1.08. The predicted molar refractivity (Wildman–Crippen MR) is 127 cm³/mol. The van der Waals surface area contributed by atoms with Crippen LogP contribution in [-0.2, 0) is 9.59 Å². The average Bonchev–Trinajstić information content (AvgIpc) is 3.14. The average molecular weight is 477 g/mol. The van der Waals surface area contributed by atoms with Gasteiger partial charge in [-0.15, -0.1) is 0 Å². The van der Waals surface area contributed by atoms with E-state index in [2.05, 4.69) is 10.4 Å². The smallest absolute Gasteiger partial charge is 0.305 e. The summed E-state index contributed by atoms with van der Waals surface area (Å²) in [6.07, 6.45) is -0.293. The largest absolute Gasteiger partial charge is 0.481 e. The maximum atomic E-state index is 13.1. The van der Waals surface area contributed by atoms with Crippen LogP contribution < -0.4 is 15.8 Å². The molecule has 0 spiro atoms. The number of likely N-dealkylation sites (N-methyl/N-ethyl adjacent to an activating group) is 1. The van der Waals surface area contributed by atoms with E-state index in [0.717, 1.165) is 0 Å². The van der Waals surface area contributed by atoms with Crippen LogP contribution in [0.5, 0.6) is 0 Å². The number of nitrogens with one attached hydrogen (secondary N) is 2. The molecule has 0 saturated heterocycles. The Bertz CT molecular complexity index is 1390. The summed E-state index contributed by atoms with van der Waals surface area (Å²) in [5.74, 6) is -2.35. The van der Waals surface area contributed by atoms with Gasteiger partial charge in [-0.25, -0.2) is 4.68 Å². The summed E-state index contributed by atoms with van der Waals surface area (Å²) in [6.45, 7) is 1.42. The van der Waals surface area contributed by atoms with Crippen molar-refractivity contribution in [1.29, 1.82) is 0 Å². The van der Waals surface area contributed by atoms with Crippen LogP contribution in [0.25, 0.3) is 5.69 Å². The number of hydrogen-bond donors (Lipinski definition) is 3. The number of aliphatic carboxylic acids is 1. The second-order valence-corrected chi connectivity index (χ2v) is 8.17. The molecule has 3 N–H and O–H groups in total. The van der Waals surface area contributed by atoms with Gasteiger partial charge in [-0.2, -0.15) is 0 Å². The number of carboxylic acids is 1. The SMILES string of the molecule is Cc1cc(=O)n(-c2ccc(C(=O)Nc3ccc4c(c3)C(=O)N(CCC(=O)O)CC(=O)N4C)cc2)[nH]1. The molecule has 0 unspecified atom stereocenters. The summed E-state index contributed by atoms with van der Waals surface area (Å²) < 4.78 is 1.36. The third-order valence-electron chi connectivity index (χ3n) is 5.67. The number of fused-ring (bicyclic) bond motifs is 1. The van der Waals surface area contributed by atoms with Crippen molar-refractivity contribution in [2.75, 3.05) is 30.4 Å². The Morgan fingerprint density at radius 2 is 1.77 bits per heavy atom. The third-order valence-corrected chi connectivity index (χ3v) is 5.67. The van der Waals surface area contributed by atoms with Gasteiger partial charge in [0.2, 0.25) is 5.91 Å². The number of aromatic amines is 1. The number of H-pyrrole nitrogens is 1. The molecule has 0 radical (unpaired) electrons. The number of benzene rings is 2. The van der Waals surface area contributed by atoms with Crippen molar-refractivity contribution in [3.63, 3.8) is 0 Å². The zero-order valence-corrected chi connectivity index (χ0v) is 19.1. The molecule has 1 aliphatic heterocycles. The molecule has 0 atom stereocenters. The molecule has 2 heterocycles. The lowest BCUT2D eigenvalue weighted by molar-refractivity contribution is -0.137. The Balaban J connectivity index is 1.56. The fraction of sp³-hybridized carbons (Fsp3) is 0.208. The molecule has 11 heteroatoms. The number of carbonyl (C=O) groups excluding carboxylic acids is 3. The minimum absolute atomic E-state index is 0.112. The molecule has 0 bridgehead atoms. The number of aryl methyl sites for hydroxylation is 1. The topological polar surface area (TPSA) is 145 Å². The highest BCUT2D eigenvalue weighted by molar-refractivity contribution is 6.11. The molecular weight excluding hydrogens is 454 g/mol. The number of carbonyl (C=O) groups is 4. The summed E-state index contributed by atoms with van der Waals surface area (Å²) in [4.78, 5) is 63.8. The standard InChI is InChI=1S/C24H23N5O6/c1-14-11-20(30)29(26-14)17-6-3-15(4-7-17)23(34)25-16-5-8-19-18(12-16)24(35)28(10-9-22(32)33)13-21(31)27(19)2/h3-8,11-12,26H,9-10,13H2,1-2H3,(H,25,34)(H,32,33). The zero-order chi connectivity index (χ0) is 25.3. The van der Waals surface area contributed by atoms with E-state index in [1.54, 1.807) is 43.3 Å². The molecule has 3 aromatic rings. The van der Waals surface area contributed by atoms with Gasteiger partial charge in [0.05, 0.1) is 23.4 Å². The molecule has 4 rings (SSSR count). The summed E-state index contributed by atoms with van der Waals surface area (Å²) >= 11 is 0. The van der Waals surface area contributed by atoms with E-state index in [0.29, 0.717) is 28.3 Å². The van der Waals surface area contributed by atoms with Crippen molar-refractivity contribution in [1.82, 2.24) is 14.7 Å². The molecule has 11 nitrogen and oxygen atoms in total. The van der Waals surface area contributed by atoms with Crippen LogP contribution >= 0.6 is 0 Å². The fourth-order valence-electron chi connectivity index (χ4n) is 3.81. The summed E-state index contributed by atoms with van der Waals surface area (Å²) in [5, 5.41) is 14.6. The molecule has 35 heavy (non-hydrogen) atoms. The van der Waals surface area contributed by atoms with Crippen LogP contribution in [0, 0.1) is 6.92 Å². The van der Waals surface area contributed by atoms with Crippen molar-refractivity contribution in [2.45, 2.75) is 13.3 Å². The molecule has 3 amide bonds. The highest BCUT2D eigenvalue weighted by atomic mass is 16.4. The van der Waals surface area contributed by atoms with Crippen molar-refractivity contribution in [2.24, 2.45) is 0 Å². The lowest BCUT2D eigenvalue weighted by atomic mass is 10.1. The van der Waals surface area contributed by atoms with Crippen molar-refractivity contribution >= 4 is 35.1 Å². The van der Waals surface area contributed by atoms with Crippen LogP contribution in [0.1, 0.15) is 32.8 Å². The maximum Gasteiger partial charge on any atom is 0.305 e. The number of nitrogens with zero attached hydrogens (tertiary/aromatic N) is 3. The number of hydrogen-bond acceptors (Lipinski definition) is 5. The second-order valence-electron chi connectivity index (χ2n) is 8.17. The quantitative estimate of drug-likeness (QED) is 0.492. The number of carboxylic acid groups (broad SMARTS) is 1. The zero-order valence-electron chi connectivity index (χ0n) is 19.1. The number of aromatic nitrogens is 2. The molecule has 1 aliphatic rings. The molecule has 1 aromatic heterocycles. The van der Waals surface area contributed by atoms with Gasteiger partial charge < -0.3 is 20.2 Å². The van der Waals surface area contributed by atoms with Crippen LogP contribution in [0.2, 0.25) is 0 Å². The van der Waals surface area contributed by atoms with Crippen molar-refractivity contribution in [3.8, 4) is 5.69 Å². The van der Waals surface area contributed by atoms with Gasteiger partial charge in [0, 0.05) is 36.6 Å². The maximum absolute atomic E-state index is 13.1. The normalized spacial score (nSPS) is 13.4. The summed E-state index contributed by atoms with van der Waals surface area (Å²) in [7, 11) is 1.53. The lowest BCUT2D eigenvalue weighted by Crippen LogP contribution is -2.38. The second kappa shape index (κ2) is 9.29. The summed E-state index contributed by atoms with van der Waals surface area (Å²) in [6, 6.07) is 12.5. The molecule has 0 aliphatic carbocycles. The highest BCUT2D eigenvalue weighted by Gasteiger charge is 2.30. The molecule has 180 valence electrons. The Morgan fingerprint density at radius 3 is 2.40 bits per heavy atom. The number of rotatable bonds is 6. The monoisotopic (exact) mass is 477 g/mol. The van der Waals surface area contributed by atoms with Crippen LogP contribution in [0.4, 0.5) is 11.4 Å². The minimum Gasteiger partial charge on any atom is -0.481 e. The molecule has 2 aromatic carbocycles. The highest BCUT2D eigenvalue weighted by Crippen LogP contribution is 2.28. The van der Waals surface area contributed by atoms with Gasteiger partial charge >= 0.3 is 5.97 Å². The molecule has 0 saturated carbocycles. The Hall–Kier alpha value is -4.67. The predicted octanol–water partition coefficient (Wildman–Crippen LogP) is 1.62. The van der Waals surface area contributed by atoms with Crippen LogP contribution in [0.15, 0.2) is 53.3 Å². The Morgan fingerprint density at radius 1 is 1.06 bits per heavy atom. The van der Waals surface area contributed by atoms with Crippen molar-refractivity contribution in [3.05, 3.63) is 75.7 Å². The van der Waals surface area contributed by atoms with Gasteiger partial charge in [0.1, 0.15) is 6.54 Å². The van der Waals surface area contributed by atoms with Crippen LogP contribution in [0.3, 0.4) is 0 Å². The first kappa shape index (κ1) is 23.5. The Kier molecular flexibility index (Phi) is 6.24. The van der Waals surface area contributed by atoms with E-state index in [1.165, 1.54) is 33.7 Å². The number of anilines is 2. The first-order valence-electron chi connectivity index (χ1n) is 10.8. The van der Waals surface area contributed by atoms with E-state index in [4.69, 9.17) is 5.11 Å². The molecular formula is C24H23N5O6. The Labute approximate surface area is 199 Å². The van der Waals surface area contributed by atoms with E-state index >= 15 is 0 Å². The van der Waals surface area contributed by atoms with E-state index in [1.807, 2.05) is 0 Å². The van der Waals surface area contributed by atoms with Gasteiger partial charge in [-0.05, 0) is 49.4 Å². The lowest BCUT2D eigenvalue weighted by Gasteiger charge is -2.19.